The summed E-state index contributed by atoms with van der Waals surface area (Å²) in [6.45, 7) is 12.2. The van der Waals surface area contributed by atoms with Crippen molar-refractivity contribution in [2.45, 2.75) is 58.2 Å². The molecule has 15 heavy (non-hydrogen) atoms. The Morgan fingerprint density at radius 3 is 2.13 bits per heavy atom. The number of rotatable bonds is 5. The topological polar surface area (TPSA) is 9.23 Å². The summed E-state index contributed by atoms with van der Waals surface area (Å²) in [5.74, 6) is 2.40. The third-order valence-electron chi connectivity index (χ3n) is 2.97. The fraction of sp³-hybridized carbons (Fsp3) is 0.833. The van der Waals surface area contributed by atoms with Gasteiger partial charge in [0.2, 0.25) is 0 Å². The average Bonchev–Trinajstić information content (AvgIpc) is 2.02. The predicted octanol–water partition coefficient (Wildman–Crippen LogP) is 0.772. The van der Waals surface area contributed by atoms with E-state index in [4.69, 9.17) is 10.8 Å². The Balaban J connectivity index is 0. The molecule has 0 fully saturated rings. The summed E-state index contributed by atoms with van der Waals surface area (Å²) in [6.07, 6.45) is 9.62. The molecule has 0 spiro atoms. The largest absolute Gasteiger partial charge is 1.00 e. The first-order chi connectivity index (χ1) is 6.31. The van der Waals surface area contributed by atoms with Gasteiger partial charge in [-0.25, -0.2) is 0 Å². The Morgan fingerprint density at radius 1 is 1.20 bits per heavy atom. The summed E-state index contributed by atoms with van der Waals surface area (Å²) >= 11 is 0. The molecule has 0 unspecified atom stereocenters. The summed E-state index contributed by atoms with van der Waals surface area (Å²) in [7, 11) is -1.53. The Kier molecular flexibility index (Phi) is 8.96. The van der Waals surface area contributed by atoms with Gasteiger partial charge in [0.1, 0.15) is 0 Å². The van der Waals surface area contributed by atoms with Crippen molar-refractivity contribution in [2.75, 3.05) is 6.61 Å². The van der Waals surface area contributed by atoms with Crippen LogP contribution >= 0.6 is 0 Å². The first kappa shape index (κ1) is 17.7. The van der Waals surface area contributed by atoms with Crippen molar-refractivity contribution in [3.8, 4) is 5.92 Å². The van der Waals surface area contributed by atoms with E-state index in [2.05, 4.69) is 39.8 Å². The Labute approximate surface area is 109 Å². The molecule has 0 radical (unpaired) electrons. The van der Waals surface area contributed by atoms with Crippen molar-refractivity contribution in [2.24, 2.45) is 0 Å². The van der Waals surface area contributed by atoms with Gasteiger partial charge in [0.15, 0.2) is 8.32 Å². The predicted molar refractivity (Wildman–Crippen MR) is 64.1 cm³/mol. The minimum absolute atomic E-state index is 0. The molecule has 0 amide bonds. The Hall–Kier alpha value is 0.334. The first-order valence-corrected chi connectivity index (χ1v) is 8.25. The van der Waals surface area contributed by atoms with E-state index in [1.54, 1.807) is 0 Å². The second-order valence-corrected chi connectivity index (χ2v) is 10.1. The molecule has 0 atom stereocenters. The van der Waals surface area contributed by atoms with Gasteiger partial charge in [-0.3, -0.25) is 0 Å². The second-order valence-electron chi connectivity index (χ2n) is 5.24. The SMILES string of the molecule is [C-]#CCCCCO[Si](C)(C)C(C)(C)C.[Li+]. The van der Waals surface area contributed by atoms with Crippen molar-refractivity contribution >= 4 is 8.32 Å². The monoisotopic (exact) mass is 218 g/mol. The molecule has 0 rings (SSSR count). The average molecular weight is 218 g/mol. The zero-order valence-corrected chi connectivity index (χ0v) is 12.2. The number of hydrogen-bond acceptors (Lipinski definition) is 1. The van der Waals surface area contributed by atoms with Crippen molar-refractivity contribution in [3.63, 3.8) is 0 Å². The molecule has 3 heteroatoms. The van der Waals surface area contributed by atoms with E-state index >= 15 is 0 Å². The first-order valence-electron chi connectivity index (χ1n) is 5.35. The molecule has 0 heterocycles. The quantitative estimate of drug-likeness (QED) is 0.287. The zero-order valence-electron chi connectivity index (χ0n) is 11.2. The molecule has 0 saturated heterocycles. The van der Waals surface area contributed by atoms with E-state index in [-0.39, 0.29) is 18.9 Å². The molecule has 1 nitrogen and oxygen atoms in total. The van der Waals surface area contributed by atoms with Gasteiger partial charge < -0.3 is 16.8 Å². The molecule has 0 aliphatic heterocycles. The summed E-state index contributed by atoms with van der Waals surface area (Å²) in [6, 6.07) is 0. The number of hydrogen-bond donors (Lipinski definition) is 0. The van der Waals surface area contributed by atoms with Crippen LogP contribution in [-0.4, -0.2) is 14.9 Å². The smallest absolute Gasteiger partial charge is 0.694 e. The maximum absolute atomic E-state index is 6.78. The zero-order chi connectivity index (χ0) is 11.2. The third-order valence-corrected chi connectivity index (χ3v) is 7.50. The van der Waals surface area contributed by atoms with Crippen LogP contribution < -0.4 is 18.9 Å². The molecular weight excluding hydrogens is 195 g/mol. The van der Waals surface area contributed by atoms with E-state index in [0.717, 1.165) is 25.9 Å². The molecule has 82 valence electrons. The van der Waals surface area contributed by atoms with Crippen molar-refractivity contribution in [1.29, 1.82) is 0 Å². The molecule has 0 N–H and O–H groups in total. The van der Waals surface area contributed by atoms with Gasteiger partial charge in [-0.1, -0.05) is 20.8 Å². The number of unbranched alkanes of at least 4 members (excludes halogenated alkanes) is 2. The second kappa shape index (κ2) is 7.58. The van der Waals surface area contributed by atoms with Gasteiger partial charge in [-0.15, -0.1) is 0 Å². The Morgan fingerprint density at radius 2 is 1.73 bits per heavy atom. The van der Waals surface area contributed by atoms with Crippen LogP contribution in [0.4, 0.5) is 0 Å². The van der Waals surface area contributed by atoms with Crippen molar-refractivity contribution < 1.29 is 23.3 Å². The molecule has 0 aliphatic rings. The van der Waals surface area contributed by atoms with Crippen molar-refractivity contribution in [1.82, 2.24) is 0 Å². The van der Waals surface area contributed by atoms with E-state index in [0.29, 0.717) is 5.04 Å². The summed E-state index contributed by atoms with van der Waals surface area (Å²) < 4.78 is 5.99. The van der Waals surface area contributed by atoms with Crippen LogP contribution in [0.3, 0.4) is 0 Å². The van der Waals surface area contributed by atoms with Gasteiger partial charge in [0, 0.05) is 6.61 Å². The maximum Gasteiger partial charge on any atom is 1.00 e. The van der Waals surface area contributed by atoms with Crippen LogP contribution in [0.1, 0.15) is 40.0 Å². The molecular formula is C12H23LiOSi. The fourth-order valence-electron chi connectivity index (χ4n) is 0.859. The Bertz CT molecular complexity index is 201. The van der Waals surface area contributed by atoms with Crippen molar-refractivity contribution in [3.05, 3.63) is 6.42 Å². The molecule has 0 aromatic heterocycles. The standard InChI is InChI=1S/C12H23OSi.Li/c1-7-8-9-10-11-13-14(5,6)12(2,3)4;/h8-11H2,2-6H3;/q-1;+1. The third kappa shape index (κ3) is 7.26. The van der Waals surface area contributed by atoms with Crippen LogP contribution in [0, 0.1) is 12.3 Å². The summed E-state index contributed by atoms with van der Waals surface area (Å²) in [5.41, 5.74) is 0. The van der Waals surface area contributed by atoms with Gasteiger partial charge in [-0.2, -0.15) is 0 Å². The molecule has 0 aromatic rings. The summed E-state index contributed by atoms with van der Waals surface area (Å²) in [4.78, 5) is 0. The molecule has 0 aromatic carbocycles. The van der Waals surface area contributed by atoms with Gasteiger partial charge >= 0.3 is 18.9 Å². The van der Waals surface area contributed by atoms with E-state index < -0.39 is 8.32 Å². The normalized spacial score (nSPS) is 11.7. The van der Waals surface area contributed by atoms with E-state index in [9.17, 15) is 0 Å². The molecule has 0 aliphatic carbocycles. The van der Waals surface area contributed by atoms with Crippen LogP contribution in [-0.2, 0) is 4.43 Å². The van der Waals surface area contributed by atoms with E-state index in [1.165, 1.54) is 0 Å². The molecule has 0 bridgehead atoms. The van der Waals surface area contributed by atoms with Gasteiger partial charge in [0.25, 0.3) is 0 Å². The van der Waals surface area contributed by atoms with Crippen LogP contribution in [0.25, 0.3) is 0 Å². The molecule has 0 saturated carbocycles. The minimum atomic E-state index is -1.53. The minimum Gasteiger partial charge on any atom is -0.694 e. The maximum atomic E-state index is 6.78. The van der Waals surface area contributed by atoms with Crippen LogP contribution in [0.15, 0.2) is 0 Å². The van der Waals surface area contributed by atoms with Crippen LogP contribution in [0.5, 0.6) is 0 Å². The van der Waals surface area contributed by atoms with E-state index in [1.807, 2.05) is 0 Å². The van der Waals surface area contributed by atoms with Gasteiger partial charge in [-0.05, 0) is 37.4 Å². The fourth-order valence-corrected chi connectivity index (χ4v) is 1.95. The van der Waals surface area contributed by atoms with Crippen LogP contribution in [0.2, 0.25) is 18.1 Å². The van der Waals surface area contributed by atoms with Gasteiger partial charge in [0.05, 0.1) is 0 Å². The summed E-state index contributed by atoms with van der Waals surface area (Å²) in [5, 5.41) is 0.306.